The van der Waals surface area contributed by atoms with Crippen LogP contribution in [0.4, 0.5) is 0 Å². The molecule has 0 bridgehead atoms. The molecule has 1 aromatic rings. The van der Waals surface area contributed by atoms with E-state index >= 15 is 0 Å². The molecule has 1 aromatic carbocycles. The van der Waals surface area contributed by atoms with E-state index in [-0.39, 0.29) is 5.04 Å². The topological polar surface area (TPSA) is 72.5 Å². The van der Waals surface area contributed by atoms with E-state index in [0.717, 1.165) is 11.3 Å². The number of carboxylic acids is 1. The molecule has 0 spiro atoms. The van der Waals surface area contributed by atoms with Gasteiger partial charge in [-0.1, -0.05) is 32.9 Å². The quantitative estimate of drug-likeness (QED) is 0.819. The third-order valence-electron chi connectivity index (χ3n) is 3.88. The zero-order valence-electron chi connectivity index (χ0n) is 12.9. The van der Waals surface area contributed by atoms with Crippen LogP contribution in [0.5, 0.6) is 5.75 Å². The fourth-order valence-electron chi connectivity index (χ4n) is 1.48. The minimum absolute atomic E-state index is 0.150. The molecule has 0 radical (unpaired) electrons. The standard InChI is InChI=1S/C15H25NO3Si/c1-15(2,3)20(4,5)19-12-8-6-11(7-9-12)10-13(16)14(17)18/h6-9,13H,10,16H2,1-5H3,(H,17,18)/t13-/m1/s1. The molecule has 0 saturated carbocycles. The largest absolute Gasteiger partial charge is 0.544 e. The Labute approximate surface area is 122 Å². The van der Waals surface area contributed by atoms with Gasteiger partial charge in [0.05, 0.1) is 0 Å². The number of rotatable bonds is 5. The van der Waals surface area contributed by atoms with Crippen molar-refractivity contribution in [2.45, 2.75) is 51.4 Å². The third-order valence-corrected chi connectivity index (χ3v) is 8.23. The fourth-order valence-corrected chi connectivity index (χ4v) is 2.51. The maximum Gasteiger partial charge on any atom is 0.320 e. The highest BCUT2D eigenvalue weighted by molar-refractivity contribution is 6.74. The zero-order valence-corrected chi connectivity index (χ0v) is 13.9. The van der Waals surface area contributed by atoms with Gasteiger partial charge in [-0.2, -0.15) is 0 Å². The Morgan fingerprint density at radius 1 is 1.30 bits per heavy atom. The van der Waals surface area contributed by atoms with Gasteiger partial charge in [0.2, 0.25) is 8.32 Å². The van der Waals surface area contributed by atoms with Crippen LogP contribution in [0.25, 0.3) is 0 Å². The monoisotopic (exact) mass is 295 g/mol. The highest BCUT2D eigenvalue weighted by atomic mass is 28.4. The van der Waals surface area contributed by atoms with Crippen LogP contribution in [0.15, 0.2) is 24.3 Å². The highest BCUT2D eigenvalue weighted by Gasteiger charge is 2.38. The Hall–Kier alpha value is -1.33. The summed E-state index contributed by atoms with van der Waals surface area (Å²) in [6.45, 7) is 11.0. The Balaban J connectivity index is 2.75. The molecule has 4 nitrogen and oxygen atoms in total. The summed E-state index contributed by atoms with van der Waals surface area (Å²) < 4.78 is 6.17. The number of carbonyl (C=O) groups is 1. The van der Waals surface area contributed by atoms with Crippen molar-refractivity contribution >= 4 is 14.3 Å². The summed E-state index contributed by atoms with van der Waals surface area (Å²) in [4.78, 5) is 10.7. The van der Waals surface area contributed by atoms with Crippen LogP contribution in [0, 0.1) is 0 Å². The van der Waals surface area contributed by atoms with E-state index in [0.29, 0.717) is 6.42 Å². The average molecular weight is 295 g/mol. The smallest absolute Gasteiger partial charge is 0.320 e. The minimum atomic E-state index is -1.83. The van der Waals surface area contributed by atoms with Gasteiger partial charge >= 0.3 is 5.97 Å². The molecule has 0 heterocycles. The summed E-state index contributed by atoms with van der Waals surface area (Å²) in [5.74, 6) is -0.143. The SMILES string of the molecule is CC(C)(C)[Si](C)(C)Oc1ccc(C[C@@H](N)C(=O)O)cc1. The van der Waals surface area contributed by atoms with E-state index in [2.05, 4.69) is 33.9 Å². The zero-order chi connectivity index (χ0) is 15.6. The molecule has 0 unspecified atom stereocenters. The van der Waals surface area contributed by atoms with E-state index < -0.39 is 20.3 Å². The number of nitrogens with two attached hydrogens (primary N) is 1. The van der Waals surface area contributed by atoms with Crippen LogP contribution in [0.1, 0.15) is 26.3 Å². The Morgan fingerprint density at radius 2 is 1.80 bits per heavy atom. The summed E-state index contributed by atoms with van der Waals surface area (Å²) >= 11 is 0. The first kappa shape index (κ1) is 16.7. The first-order valence-electron chi connectivity index (χ1n) is 6.79. The lowest BCUT2D eigenvalue weighted by Gasteiger charge is -2.36. The van der Waals surface area contributed by atoms with Crippen LogP contribution in [0.3, 0.4) is 0 Å². The van der Waals surface area contributed by atoms with Crippen molar-refractivity contribution in [3.8, 4) is 5.75 Å². The van der Waals surface area contributed by atoms with E-state index in [9.17, 15) is 4.79 Å². The molecule has 0 fully saturated rings. The molecule has 5 heteroatoms. The molecule has 0 aliphatic carbocycles. The van der Waals surface area contributed by atoms with E-state index in [4.69, 9.17) is 15.3 Å². The van der Waals surface area contributed by atoms with Crippen LogP contribution in [-0.4, -0.2) is 25.4 Å². The van der Waals surface area contributed by atoms with Gasteiger partial charge < -0.3 is 15.3 Å². The van der Waals surface area contributed by atoms with Gasteiger partial charge in [0.25, 0.3) is 0 Å². The van der Waals surface area contributed by atoms with Crippen LogP contribution in [0.2, 0.25) is 18.1 Å². The van der Waals surface area contributed by atoms with E-state index in [1.165, 1.54) is 0 Å². The molecule has 112 valence electrons. The summed E-state index contributed by atoms with van der Waals surface area (Å²) in [6, 6.07) is 6.69. The number of carboxylic acid groups (broad SMARTS) is 1. The molecule has 0 aliphatic heterocycles. The number of hydrogen-bond acceptors (Lipinski definition) is 3. The Kier molecular flexibility index (Phi) is 4.99. The summed E-state index contributed by atoms with van der Waals surface area (Å²) in [6.07, 6.45) is 0.329. The second-order valence-corrected chi connectivity index (χ2v) is 11.4. The molecule has 1 rings (SSSR count). The second-order valence-electron chi connectivity index (χ2n) is 6.66. The lowest BCUT2D eigenvalue weighted by atomic mass is 10.1. The molecule has 20 heavy (non-hydrogen) atoms. The van der Waals surface area contributed by atoms with Gasteiger partial charge in [0.1, 0.15) is 11.8 Å². The first-order valence-corrected chi connectivity index (χ1v) is 9.70. The molecule has 3 N–H and O–H groups in total. The van der Waals surface area contributed by atoms with Crippen molar-refractivity contribution < 1.29 is 14.3 Å². The molecular formula is C15H25NO3Si. The molecule has 0 saturated heterocycles. The predicted octanol–water partition coefficient (Wildman–Crippen LogP) is 3.03. The van der Waals surface area contributed by atoms with Gasteiger partial charge in [-0.25, -0.2) is 0 Å². The van der Waals surface area contributed by atoms with E-state index in [1.54, 1.807) is 0 Å². The van der Waals surface area contributed by atoms with Crippen molar-refractivity contribution in [3.05, 3.63) is 29.8 Å². The second kappa shape index (κ2) is 5.97. The van der Waals surface area contributed by atoms with Crippen molar-refractivity contribution in [2.24, 2.45) is 5.73 Å². The number of benzene rings is 1. The first-order chi connectivity index (χ1) is 9.03. The van der Waals surface area contributed by atoms with Crippen molar-refractivity contribution in [1.82, 2.24) is 0 Å². The molecule has 1 atom stereocenters. The third kappa shape index (κ3) is 4.35. The Morgan fingerprint density at radius 3 is 2.20 bits per heavy atom. The minimum Gasteiger partial charge on any atom is -0.544 e. The average Bonchev–Trinajstić information content (AvgIpc) is 2.29. The highest BCUT2D eigenvalue weighted by Crippen LogP contribution is 2.37. The van der Waals surface area contributed by atoms with Crippen LogP contribution < -0.4 is 10.2 Å². The van der Waals surface area contributed by atoms with Gasteiger partial charge in [0.15, 0.2) is 0 Å². The van der Waals surface area contributed by atoms with Gasteiger partial charge in [0, 0.05) is 0 Å². The summed E-state index contributed by atoms with van der Waals surface area (Å²) in [7, 11) is -1.83. The number of hydrogen-bond donors (Lipinski definition) is 2. The number of aliphatic carboxylic acids is 1. The summed E-state index contributed by atoms with van der Waals surface area (Å²) in [5.41, 5.74) is 6.43. The predicted molar refractivity (Wildman–Crippen MR) is 83.6 cm³/mol. The van der Waals surface area contributed by atoms with Crippen molar-refractivity contribution in [2.75, 3.05) is 0 Å². The lowest BCUT2D eigenvalue weighted by molar-refractivity contribution is -0.138. The van der Waals surface area contributed by atoms with Crippen LogP contribution >= 0.6 is 0 Å². The van der Waals surface area contributed by atoms with E-state index in [1.807, 2.05) is 24.3 Å². The maximum atomic E-state index is 10.7. The molecular weight excluding hydrogens is 270 g/mol. The van der Waals surface area contributed by atoms with Gasteiger partial charge in [-0.15, -0.1) is 0 Å². The normalized spacial score (nSPS) is 13.9. The lowest BCUT2D eigenvalue weighted by Crippen LogP contribution is -2.43. The molecule has 0 aliphatic rings. The maximum absolute atomic E-state index is 10.7. The van der Waals surface area contributed by atoms with Crippen molar-refractivity contribution in [3.63, 3.8) is 0 Å². The van der Waals surface area contributed by atoms with Crippen molar-refractivity contribution in [1.29, 1.82) is 0 Å². The Bertz CT molecular complexity index is 463. The fraction of sp³-hybridized carbons (Fsp3) is 0.533. The summed E-state index contributed by atoms with van der Waals surface area (Å²) in [5, 5.41) is 8.95. The van der Waals surface area contributed by atoms with Gasteiger partial charge in [-0.05, 0) is 42.2 Å². The molecule has 0 aromatic heterocycles. The van der Waals surface area contributed by atoms with Crippen LogP contribution in [-0.2, 0) is 11.2 Å². The molecule has 0 amide bonds. The van der Waals surface area contributed by atoms with Gasteiger partial charge in [-0.3, -0.25) is 4.79 Å².